The largest absolute Gasteiger partial charge is 0.490 e. The zero-order valence-corrected chi connectivity index (χ0v) is 22.1. The van der Waals surface area contributed by atoms with Crippen LogP contribution in [0.3, 0.4) is 0 Å². The number of imide groups is 2. The number of carbonyl (C=O) groups is 3. The molecule has 38 heavy (non-hydrogen) atoms. The fourth-order valence-corrected chi connectivity index (χ4v) is 4.20. The predicted molar refractivity (Wildman–Crippen MR) is 145 cm³/mol. The van der Waals surface area contributed by atoms with Crippen molar-refractivity contribution in [1.29, 1.82) is 0 Å². The van der Waals surface area contributed by atoms with Gasteiger partial charge in [-0.15, -0.1) is 6.58 Å². The Morgan fingerprint density at radius 3 is 2.50 bits per heavy atom. The van der Waals surface area contributed by atoms with E-state index in [-0.39, 0.29) is 18.0 Å². The number of barbiturate groups is 1. The number of nitrogens with zero attached hydrogens (tertiary/aromatic N) is 1. The van der Waals surface area contributed by atoms with Crippen LogP contribution < -0.4 is 19.7 Å². The zero-order valence-electron chi connectivity index (χ0n) is 20.5. The molecular weight excluding hydrogens is 555 g/mol. The summed E-state index contributed by atoms with van der Waals surface area (Å²) in [6.45, 7) is 6.05. The molecule has 0 saturated carbocycles. The molecule has 1 saturated heterocycles. The molecule has 0 spiro atoms. The average Bonchev–Trinajstić information content (AvgIpc) is 2.87. The Kier molecular flexibility index (Phi) is 8.38. The molecule has 0 aliphatic carbocycles. The lowest BCUT2D eigenvalue weighted by molar-refractivity contribution is -0.122. The second-order valence-electron chi connectivity index (χ2n) is 8.29. The lowest BCUT2D eigenvalue weighted by atomic mass is 10.0. The second kappa shape index (κ2) is 11.9. The Morgan fingerprint density at radius 2 is 1.82 bits per heavy atom. The van der Waals surface area contributed by atoms with E-state index >= 15 is 0 Å². The maximum atomic E-state index is 13.6. The highest BCUT2D eigenvalue weighted by molar-refractivity contribution is 9.10. The van der Waals surface area contributed by atoms with Gasteiger partial charge in [-0.2, -0.15) is 0 Å². The van der Waals surface area contributed by atoms with Gasteiger partial charge in [-0.1, -0.05) is 34.1 Å². The van der Waals surface area contributed by atoms with Crippen LogP contribution in [0.5, 0.6) is 11.5 Å². The predicted octanol–water partition coefficient (Wildman–Crippen LogP) is 5.96. The summed E-state index contributed by atoms with van der Waals surface area (Å²) >= 11 is 3.32. The standard InChI is InChI=1S/C29H24BrFN2O5/c1-3-6-20-13-19(16-25(37-4-2)26(20)38-17-18-7-5-8-22(31)14-18)15-24-27(34)32-29(36)33(28(24)35)23-11-9-21(30)10-12-23/h3,5,7-16H,1,4,6,17H2,2H3,(H,32,34,36)/b24-15+. The summed E-state index contributed by atoms with van der Waals surface area (Å²) in [6, 6.07) is 15.2. The normalized spacial score (nSPS) is 14.4. The van der Waals surface area contributed by atoms with E-state index in [9.17, 15) is 18.8 Å². The van der Waals surface area contributed by atoms with Gasteiger partial charge in [0.05, 0.1) is 12.3 Å². The lowest BCUT2D eigenvalue weighted by Crippen LogP contribution is -2.54. The number of amides is 4. The molecule has 9 heteroatoms. The number of ether oxygens (including phenoxy) is 2. The fourth-order valence-electron chi connectivity index (χ4n) is 3.93. The van der Waals surface area contributed by atoms with Gasteiger partial charge >= 0.3 is 6.03 Å². The van der Waals surface area contributed by atoms with Crippen molar-refractivity contribution in [2.75, 3.05) is 11.5 Å². The molecule has 1 N–H and O–H groups in total. The van der Waals surface area contributed by atoms with E-state index in [4.69, 9.17) is 9.47 Å². The molecule has 4 rings (SSSR count). The first-order valence-corrected chi connectivity index (χ1v) is 12.5. The number of rotatable bonds is 9. The van der Waals surface area contributed by atoms with Crippen molar-refractivity contribution in [3.8, 4) is 11.5 Å². The first-order chi connectivity index (χ1) is 18.3. The maximum Gasteiger partial charge on any atom is 0.335 e. The highest BCUT2D eigenvalue weighted by atomic mass is 79.9. The van der Waals surface area contributed by atoms with E-state index in [0.717, 1.165) is 9.37 Å². The first-order valence-electron chi connectivity index (χ1n) is 11.8. The molecular formula is C29H24BrFN2O5. The van der Waals surface area contributed by atoms with E-state index in [1.807, 2.05) is 6.92 Å². The summed E-state index contributed by atoms with van der Waals surface area (Å²) in [5, 5.41) is 2.22. The van der Waals surface area contributed by atoms with E-state index < -0.39 is 17.8 Å². The van der Waals surface area contributed by atoms with Gasteiger partial charge in [0.15, 0.2) is 11.5 Å². The van der Waals surface area contributed by atoms with Crippen LogP contribution in [-0.4, -0.2) is 24.5 Å². The van der Waals surface area contributed by atoms with Crippen LogP contribution in [0, 0.1) is 5.82 Å². The summed E-state index contributed by atoms with van der Waals surface area (Å²) < 4.78 is 26.3. The summed E-state index contributed by atoms with van der Waals surface area (Å²) in [4.78, 5) is 39.3. The van der Waals surface area contributed by atoms with Gasteiger partial charge in [0.1, 0.15) is 18.0 Å². The van der Waals surface area contributed by atoms with Crippen LogP contribution in [0.4, 0.5) is 14.9 Å². The molecule has 1 fully saturated rings. The zero-order chi connectivity index (χ0) is 27.2. The average molecular weight is 579 g/mol. The molecule has 3 aromatic rings. The third kappa shape index (κ3) is 6.00. The minimum absolute atomic E-state index is 0.105. The minimum atomic E-state index is -0.831. The summed E-state index contributed by atoms with van der Waals surface area (Å²) in [6.07, 6.45) is 3.49. The topological polar surface area (TPSA) is 84.9 Å². The van der Waals surface area contributed by atoms with Crippen molar-refractivity contribution in [3.05, 3.63) is 106 Å². The van der Waals surface area contributed by atoms with Gasteiger partial charge in [-0.25, -0.2) is 14.1 Å². The Bertz CT molecular complexity index is 1440. The summed E-state index contributed by atoms with van der Waals surface area (Å²) in [5.41, 5.74) is 1.93. The molecule has 1 heterocycles. The SMILES string of the molecule is C=CCc1cc(/C=C2\C(=O)NC(=O)N(c3ccc(Br)cc3)C2=O)cc(OCC)c1OCc1cccc(F)c1. The first kappa shape index (κ1) is 26.8. The summed E-state index contributed by atoms with van der Waals surface area (Å²) in [7, 11) is 0. The Hall–Kier alpha value is -4.24. The number of hydrogen-bond acceptors (Lipinski definition) is 5. The van der Waals surface area contributed by atoms with E-state index in [0.29, 0.717) is 46.9 Å². The third-order valence-electron chi connectivity index (χ3n) is 5.59. The Balaban J connectivity index is 1.71. The number of carbonyl (C=O) groups excluding carboxylic acids is 3. The molecule has 0 aromatic heterocycles. The number of anilines is 1. The quantitative estimate of drug-likeness (QED) is 0.192. The smallest absolute Gasteiger partial charge is 0.335 e. The molecule has 194 valence electrons. The molecule has 7 nitrogen and oxygen atoms in total. The number of urea groups is 1. The molecule has 1 aliphatic heterocycles. The van der Waals surface area contributed by atoms with Crippen molar-refractivity contribution >= 4 is 45.5 Å². The number of hydrogen-bond donors (Lipinski definition) is 1. The number of benzene rings is 3. The third-order valence-corrected chi connectivity index (χ3v) is 6.12. The van der Waals surface area contributed by atoms with E-state index in [1.54, 1.807) is 54.6 Å². The highest BCUT2D eigenvalue weighted by Crippen LogP contribution is 2.36. The van der Waals surface area contributed by atoms with Gasteiger partial charge in [-0.05, 0) is 79.1 Å². The molecule has 1 aliphatic rings. The van der Waals surface area contributed by atoms with Crippen LogP contribution in [0.2, 0.25) is 0 Å². The van der Waals surface area contributed by atoms with Crippen LogP contribution in [0.1, 0.15) is 23.6 Å². The lowest BCUT2D eigenvalue weighted by Gasteiger charge is -2.26. The second-order valence-corrected chi connectivity index (χ2v) is 9.20. The molecule has 0 bridgehead atoms. The van der Waals surface area contributed by atoms with Crippen molar-refractivity contribution in [2.45, 2.75) is 20.0 Å². The van der Waals surface area contributed by atoms with Crippen molar-refractivity contribution in [3.63, 3.8) is 0 Å². The minimum Gasteiger partial charge on any atom is -0.490 e. The molecule has 0 atom stereocenters. The summed E-state index contributed by atoms with van der Waals surface area (Å²) in [5.74, 6) is -1.09. The Morgan fingerprint density at radius 1 is 1.05 bits per heavy atom. The van der Waals surface area contributed by atoms with Gasteiger partial charge in [0.25, 0.3) is 11.8 Å². The fraction of sp³-hybridized carbons (Fsp3) is 0.138. The molecule has 3 aromatic carbocycles. The van der Waals surface area contributed by atoms with Crippen LogP contribution >= 0.6 is 15.9 Å². The highest BCUT2D eigenvalue weighted by Gasteiger charge is 2.36. The van der Waals surface area contributed by atoms with Crippen LogP contribution in [0.25, 0.3) is 6.08 Å². The Labute approximate surface area is 227 Å². The maximum absolute atomic E-state index is 13.6. The molecule has 0 radical (unpaired) electrons. The molecule has 0 unspecified atom stereocenters. The van der Waals surface area contributed by atoms with Gasteiger partial charge in [-0.3, -0.25) is 14.9 Å². The van der Waals surface area contributed by atoms with Crippen molar-refractivity contribution in [1.82, 2.24) is 5.32 Å². The van der Waals surface area contributed by atoms with Crippen molar-refractivity contribution in [2.24, 2.45) is 0 Å². The van der Waals surface area contributed by atoms with Crippen molar-refractivity contribution < 1.29 is 28.2 Å². The number of halogens is 2. The van der Waals surface area contributed by atoms with E-state index in [1.165, 1.54) is 18.2 Å². The van der Waals surface area contributed by atoms with E-state index in [2.05, 4.69) is 27.8 Å². The van der Waals surface area contributed by atoms with Gasteiger partial charge < -0.3 is 9.47 Å². The van der Waals surface area contributed by atoms with Crippen LogP contribution in [-0.2, 0) is 22.6 Å². The molecule has 4 amide bonds. The number of nitrogens with one attached hydrogen (secondary N) is 1. The monoisotopic (exact) mass is 578 g/mol. The number of allylic oxidation sites excluding steroid dienone is 1. The van der Waals surface area contributed by atoms with Gasteiger partial charge in [0.2, 0.25) is 0 Å². The van der Waals surface area contributed by atoms with Crippen LogP contribution in [0.15, 0.2) is 83.4 Å². The van der Waals surface area contributed by atoms with Gasteiger partial charge in [0, 0.05) is 10.0 Å².